The quantitative estimate of drug-likeness (QED) is 0.792. The average Bonchev–Trinajstić information content (AvgIpc) is 2.27. The lowest BCUT2D eigenvalue weighted by molar-refractivity contribution is 0.218. The van der Waals surface area contributed by atoms with E-state index in [-0.39, 0.29) is 5.41 Å². The van der Waals surface area contributed by atoms with Crippen molar-refractivity contribution < 1.29 is 0 Å². The van der Waals surface area contributed by atoms with Crippen molar-refractivity contribution in [1.82, 2.24) is 9.88 Å². The zero-order valence-electron chi connectivity index (χ0n) is 10.6. The first-order chi connectivity index (χ1) is 7.53. The Kier molecular flexibility index (Phi) is 4.90. The maximum absolute atomic E-state index is 5.73. The second kappa shape index (κ2) is 5.97. The number of aromatic nitrogens is 1. The van der Waals surface area contributed by atoms with Crippen LogP contribution in [-0.4, -0.2) is 36.6 Å². The van der Waals surface area contributed by atoms with Gasteiger partial charge in [-0.05, 0) is 43.1 Å². The summed E-state index contributed by atoms with van der Waals surface area (Å²) in [7, 11) is 2.15. The third kappa shape index (κ3) is 4.73. The topological polar surface area (TPSA) is 42.2 Å². The van der Waals surface area contributed by atoms with Gasteiger partial charge in [0.05, 0.1) is 0 Å². The van der Waals surface area contributed by atoms with Crippen molar-refractivity contribution in [2.24, 2.45) is 11.1 Å². The first-order valence-electron chi connectivity index (χ1n) is 5.81. The Hall–Kier alpha value is -0.930. The maximum Gasteiger partial charge on any atom is 0.0270 e. The summed E-state index contributed by atoms with van der Waals surface area (Å²) in [5.41, 5.74) is 7.27. The Morgan fingerprint density at radius 3 is 2.50 bits per heavy atom. The van der Waals surface area contributed by atoms with Crippen molar-refractivity contribution in [3.63, 3.8) is 0 Å². The van der Waals surface area contributed by atoms with Crippen molar-refractivity contribution in [1.29, 1.82) is 0 Å². The zero-order valence-corrected chi connectivity index (χ0v) is 10.6. The second-order valence-electron chi connectivity index (χ2n) is 5.21. The van der Waals surface area contributed by atoms with Gasteiger partial charge in [0.2, 0.25) is 0 Å². The van der Waals surface area contributed by atoms with Crippen LogP contribution in [0.15, 0.2) is 24.5 Å². The molecule has 1 rings (SSSR count). The highest BCUT2D eigenvalue weighted by atomic mass is 15.1. The van der Waals surface area contributed by atoms with Crippen LogP contribution in [0, 0.1) is 5.41 Å². The van der Waals surface area contributed by atoms with Crippen LogP contribution in [-0.2, 0) is 6.42 Å². The lowest BCUT2D eigenvalue weighted by Crippen LogP contribution is -2.37. The predicted octanol–water partition coefficient (Wildman–Crippen LogP) is 1.54. The van der Waals surface area contributed by atoms with Gasteiger partial charge >= 0.3 is 0 Å². The van der Waals surface area contributed by atoms with Crippen molar-refractivity contribution in [2.75, 3.05) is 26.7 Å². The summed E-state index contributed by atoms with van der Waals surface area (Å²) in [6, 6.07) is 4.14. The number of hydrogen-bond donors (Lipinski definition) is 1. The third-order valence-electron chi connectivity index (χ3n) is 2.78. The van der Waals surface area contributed by atoms with E-state index in [9.17, 15) is 0 Å². The summed E-state index contributed by atoms with van der Waals surface area (Å²) in [4.78, 5) is 6.36. The highest BCUT2D eigenvalue weighted by Crippen LogP contribution is 2.14. The van der Waals surface area contributed by atoms with E-state index < -0.39 is 0 Å². The zero-order chi connectivity index (χ0) is 12.0. The van der Waals surface area contributed by atoms with Gasteiger partial charge in [0.1, 0.15) is 0 Å². The van der Waals surface area contributed by atoms with Gasteiger partial charge in [-0.3, -0.25) is 4.98 Å². The van der Waals surface area contributed by atoms with Crippen LogP contribution < -0.4 is 5.73 Å². The van der Waals surface area contributed by atoms with Crippen LogP contribution in [0.25, 0.3) is 0 Å². The molecule has 0 saturated heterocycles. The maximum atomic E-state index is 5.73. The molecule has 0 fully saturated rings. The molecule has 0 spiro atoms. The second-order valence-corrected chi connectivity index (χ2v) is 5.21. The molecule has 0 atom stereocenters. The van der Waals surface area contributed by atoms with E-state index in [1.165, 1.54) is 5.56 Å². The number of rotatable bonds is 6. The molecule has 0 aromatic carbocycles. The Bertz CT molecular complexity index is 295. The van der Waals surface area contributed by atoms with E-state index in [1.807, 2.05) is 12.4 Å². The molecular formula is C13H23N3. The number of nitrogens with zero attached hydrogens (tertiary/aromatic N) is 2. The number of hydrogen-bond acceptors (Lipinski definition) is 3. The van der Waals surface area contributed by atoms with Gasteiger partial charge in [-0.2, -0.15) is 0 Å². The fourth-order valence-electron chi connectivity index (χ4n) is 1.74. The largest absolute Gasteiger partial charge is 0.330 e. The molecule has 1 heterocycles. The molecule has 0 radical (unpaired) electrons. The number of likely N-dealkylation sites (N-methyl/N-ethyl adjacent to an activating group) is 1. The minimum atomic E-state index is 0.201. The Morgan fingerprint density at radius 1 is 1.31 bits per heavy atom. The highest BCUT2D eigenvalue weighted by Gasteiger charge is 2.17. The van der Waals surface area contributed by atoms with E-state index in [0.29, 0.717) is 0 Å². The molecule has 0 aliphatic carbocycles. The van der Waals surface area contributed by atoms with E-state index in [4.69, 9.17) is 5.73 Å². The molecule has 0 saturated carbocycles. The summed E-state index contributed by atoms with van der Waals surface area (Å²) < 4.78 is 0. The van der Waals surface area contributed by atoms with E-state index in [1.54, 1.807) is 0 Å². The van der Waals surface area contributed by atoms with Crippen LogP contribution in [0.5, 0.6) is 0 Å². The molecule has 2 N–H and O–H groups in total. The summed E-state index contributed by atoms with van der Waals surface area (Å²) in [5, 5.41) is 0. The summed E-state index contributed by atoms with van der Waals surface area (Å²) in [6.07, 6.45) is 4.76. The lowest BCUT2D eigenvalue weighted by Gasteiger charge is -2.28. The minimum absolute atomic E-state index is 0.201. The molecule has 1 aromatic rings. The standard InChI is InChI=1S/C13H23N3/c1-13(2,10-14)11-16(3)9-6-12-4-7-15-8-5-12/h4-5,7-8H,6,9-11,14H2,1-3H3. The van der Waals surface area contributed by atoms with E-state index >= 15 is 0 Å². The molecule has 0 aliphatic heterocycles. The molecule has 90 valence electrons. The summed E-state index contributed by atoms with van der Waals surface area (Å²) in [5.74, 6) is 0. The van der Waals surface area contributed by atoms with Gasteiger partial charge in [0, 0.05) is 25.5 Å². The Balaban J connectivity index is 2.33. The molecule has 16 heavy (non-hydrogen) atoms. The van der Waals surface area contributed by atoms with Crippen LogP contribution >= 0.6 is 0 Å². The van der Waals surface area contributed by atoms with E-state index in [0.717, 1.165) is 26.1 Å². The third-order valence-corrected chi connectivity index (χ3v) is 2.78. The molecule has 3 nitrogen and oxygen atoms in total. The normalized spacial score (nSPS) is 12.1. The van der Waals surface area contributed by atoms with Gasteiger partial charge < -0.3 is 10.6 Å². The number of nitrogens with two attached hydrogens (primary N) is 1. The Morgan fingerprint density at radius 2 is 1.94 bits per heavy atom. The first kappa shape index (κ1) is 13.1. The van der Waals surface area contributed by atoms with Crippen molar-refractivity contribution in [2.45, 2.75) is 20.3 Å². The van der Waals surface area contributed by atoms with Gasteiger partial charge in [0.15, 0.2) is 0 Å². The first-order valence-corrected chi connectivity index (χ1v) is 5.81. The Labute approximate surface area is 98.7 Å². The molecule has 0 bridgehead atoms. The molecule has 1 aromatic heterocycles. The van der Waals surface area contributed by atoms with E-state index in [2.05, 4.69) is 42.9 Å². The van der Waals surface area contributed by atoms with Gasteiger partial charge in [-0.1, -0.05) is 13.8 Å². The molecule has 0 aliphatic rings. The van der Waals surface area contributed by atoms with Gasteiger partial charge in [-0.15, -0.1) is 0 Å². The molecule has 3 heteroatoms. The van der Waals surface area contributed by atoms with Crippen LogP contribution in [0.3, 0.4) is 0 Å². The molecular weight excluding hydrogens is 198 g/mol. The minimum Gasteiger partial charge on any atom is -0.330 e. The van der Waals surface area contributed by atoms with Crippen molar-refractivity contribution in [3.05, 3.63) is 30.1 Å². The fourth-order valence-corrected chi connectivity index (χ4v) is 1.74. The van der Waals surface area contributed by atoms with Gasteiger partial charge in [-0.25, -0.2) is 0 Å². The smallest absolute Gasteiger partial charge is 0.0270 e. The predicted molar refractivity (Wildman–Crippen MR) is 68.3 cm³/mol. The SMILES string of the molecule is CN(CCc1ccncc1)CC(C)(C)CN. The number of pyridine rings is 1. The molecule has 0 amide bonds. The lowest BCUT2D eigenvalue weighted by atomic mass is 9.93. The van der Waals surface area contributed by atoms with Crippen LogP contribution in [0.4, 0.5) is 0 Å². The molecule has 0 unspecified atom stereocenters. The summed E-state index contributed by atoms with van der Waals surface area (Å²) >= 11 is 0. The monoisotopic (exact) mass is 221 g/mol. The summed E-state index contributed by atoms with van der Waals surface area (Å²) in [6.45, 7) is 7.24. The van der Waals surface area contributed by atoms with Gasteiger partial charge in [0.25, 0.3) is 0 Å². The highest BCUT2D eigenvalue weighted by molar-refractivity contribution is 5.09. The fraction of sp³-hybridized carbons (Fsp3) is 0.615. The van der Waals surface area contributed by atoms with Crippen molar-refractivity contribution in [3.8, 4) is 0 Å². The van der Waals surface area contributed by atoms with Crippen molar-refractivity contribution >= 4 is 0 Å². The average molecular weight is 221 g/mol. The van der Waals surface area contributed by atoms with Crippen LogP contribution in [0.1, 0.15) is 19.4 Å². The van der Waals surface area contributed by atoms with Crippen LogP contribution in [0.2, 0.25) is 0 Å².